The minimum atomic E-state index is -0.486. The van der Waals surface area contributed by atoms with Crippen LogP contribution in [0.2, 0.25) is 0 Å². The molecule has 4 nitrogen and oxygen atoms in total. The third kappa shape index (κ3) is 2.77. The molecular weight excluding hydrogens is 322 g/mol. The number of carbonyl (C=O) groups excluding carboxylic acids is 1. The number of carbonyl (C=O) groups is 1. The van der Waals surface area contributed by atoms with Crippen molar-refractivity contribution in [3.8, 4) is 11.5 Å². The molecule has 0 aliphatic rings. The van der Waals surface area contributed by atoms with E-state index in [-0.39, 0.29) is 5.76 Å². The van der Waals surface area contributed by atoms with E-state index in [2.05, 4.69) is 20.9 Å². The molecule has 2 aromatic rings. The molecular formula is C15H16BrNO3. The Kier molecular flexibility index (Phi) is 4.60. The maximum atomic E-state index is 11.7. The first kappa shape index (κ1) is 14.8. The Morgan fingerprint density at radius 2 is 2.20 bits per heavy atom. The van der Waals surface area contributed by atoms with Crippen molar-refractivity contribution >= 4 is 21.9 Å². The minimum absolute atomic E-state index is 0.198. The molecule has 0 atom stereocenters. The number of hydrogen-bond acceptors (Lipinski definition) is 4. The molecule has 0 aliphatic carbocycles. The molecule has 0 aliphatic heterocycles. The molecule has 0 saturated heterocycles. The van der Waals surface area contributed by atoms with Gasteiger partial charge in [0.2, 0.25) is 11.7 Å². The van der Waals surface area contributed by atoms with Crippen LogP contribution in [0, 0.1) is 6.92 Å². The fourth-order valence-electron chi connectivity index (χ4n) is 1.96. The zero-order chi connectivity index (χ0) is 14.7. The number of benzene rings is 1. The fraction of sp³-hybridized carbons (Fsp3) is 0.333. The molecule has 5 heteroatoms. The van der Waals surface area contributed by atoms with Gasteiger partial charge in [0.15, 0.2) is 0 Å². The van der Waals surface area contributed by atoms with Crippen LogP contribution in [0.5, 0.6) is 0 Å². The molecule has 106 valence electrons. The number of ether oxygens (including phenoxy) is 1. The Morgan fingerprint density at radius 3 is 2.85 bits per heavy atom. The molecule has 0 saturated carbocycles. The Hall–Kier alpha value is -1.62. The average Bonchev–Trinajstić information content (AvgIpc) is 2.85. The summed E-state index contributed by atoms with van der Waals surface area (Å²) in [6.45, 7) is 4.00. The molecule has 2 rings (SSSR count). The van der Waals surface area contributed by atoms with Gasteiger partial charge in [0.25, 0.3) is 0 Å². The lowest BCUT2D eigenvalue weighted by Gasteiger charge is -2.02. The molecule has 0 N–H and O–H groups in total. The van der Waals surface area contributed by atoms with Crippen molar-refractivity contribution in [3.05, 3.63) is 39.7 Å². The highest BCUT2D eigenvalue weighted by Crippen LogP contribution is 2.30. The molecule has 0 radical (unpaired) electrons. The summed E-state index contributed by atoms with van der Waals surface area (Å²) in [6.07, 6.45) is 1.56. The van der Waals surface area contributed by atoms with Gasteiger partial charge in [0.1, 0.15) is 0 Å². The van der Waals surface area contributed by atoms with Crippen LogP contribution in [0.3, 0.4) is 0 Å². The zero-order valence-corrected chi connectivity index (χ0v) is 13.3. The summed E-state index contributed by atoms with van der Waals surface area (Å²) in [7, 11) is 1.34. The molecule has 0 unspecified atom stereocenters. The van der Waals surface area contributed by atoms with Crippen molar-refractivity contribution in [1.29, 1.82) is 0 Å². The van der Waals surface area contributed by atoms with E-state index < -0.39 is 5.97 Å². The summed E-state index contributed by atoms with van der Waals surface area (Å²) >= 11 is 3.48. The molecule has 0 bridgehead atoms. The van der Waals surface area contributed by atoms with E-state index in [0.29, 0.717) is 18.0 Å². The Morgan fingerprint density at radius 1 is 1.45 bits per heavy atom. The molecule has 0 amide bonds. The first-order chi connectivity index (χ1) is 9.58. The monoisotopic (exact) mass is 337 g/mol. The van der Waals surface area contributed by atoms with Gasteiger partial charge in [-0.05, 0) is 31.0 Å². The maximum absolute atomic E-state index is 11.7. The first-order valence-electron chi connectivity index (χ1n) is 6.42. The Labute approximate surface area is 126 Å². The normalized spacial score (nSPS) is 10.6. The number of hydrogen-bond donors (Lipinski definition) is 0. The maximum Gasteiger partial charge on any atom is 0.376 e. The smallest absolute Gasteiger partial charge is 0.376 e. The van der Waals surface area contributed by atoms with Crippen LogP contribution in [-0.2, 0) is 11.2 Å². The molecule has 1 aromatic carbocycles. The molecule has 20 heavy (non-hydrogen) atoms. The van der Waals surface area contributed by atoms with Gasteiger partial charge in [-0.25, -0.2) is 9.78 Å². The Balaban J connectivity index is 2.52. The van der Waals surface area contributed by atoms with E-state index in [4.69, 9.17) is 9.15 Å². The van der Waals surface area contributed by atoms with E-state index in [9.17, 15) is 4.79 Å². The topological polar surface area (TPSA) is 52.3 Å². The van der Waals surface area contributed by atoms with Gasteiger partial charge in [-0.15, -0.1) is 0 Å². The summed E-state index contributed by atoms with van der Waals surface area (Å²) in [5, 5.41) is 0. The van der Waals surface area contributed by atoms with Crippen molar-refractivity contribution in [1.82, 2.24) is 4.98 Å². The summed E-state index contributed by atoms with van der Waals surface area (Å²) in [4.78, 5) is 16.2. The van der Waals surface area contributed by atoms with Crippen LogP contribution in [0.25, 0.3) is 11.5 Å². The molecule has 1 heterocycles. The van der Waals surface area contributed by atoms with Crippen LogP contribution >= 0.6 is 15.9 Å². The van der Waals surface area contributed by atoms with Crippen molar-refractivity contribution < 1.29 is 13.9 Å². The third-order valence-electron chi connectivity index (χ3n) is 3.05. The van der Waals surface area contributed by atoms with E-state index in [1.807, 2.05) is 32.0 Å². The van der Waals surface area contributed by atoms with Gasteiger partial charge in [0, 0.05) is 10.0 Å². The number of nitrogens with zero attached hydrogens (tertiary/aromatic N) is 1. The van der Waals surface area contributed by atoms with Crippen LogP contribution in [0.15, 0.2) is 27.1 Å². The second kappa shape index (κ2) is 6.22. The Bertz CT molecular complexity index is 634. The van der Waals surface area contributed by atoms with Crippen molar-refractivity contribution in [3.63, 3.8) is 0 Å². The number of aromatic nitrogens is 1. The summed E-state index contributed by atoms with van der Waals surface area (Å²) in [5.74, 6) is 0.163. The molecule has 0 fully saturated rings. The standard InChI is InChI=1S/C15H16BrNO3/c1-4-6-12-13(15(18)19-3)20-14(17-12)10-7-5-8-11(16)9(10)2/h5,7-8H,4,6H2,1-3H3. The summed E-state index contributed by atoms with van der Waals surface area (Å²) in [5.41, 5.74) is 2.54. The molecule has 1 aromatic heterocycles. The second-order valence-corrected chi connectivity index (χ2v) is 5.30. The van der Waals surface area contributed by atoms with Gasteiger partial charge in [-0.3, -0.25) is 0 Å². The predicted molar refractivity (Wildman–Crippen MR) is 79.7 cm³/mol. The number of esters is 1. The molecule has 0 spiro atoms. The van der Waals surface area contributed by atoms with E-state index in [1.165, 1.54) is 7.11 Å². The lowest BCUT2D eigenvalue weighted by Crippen LogP contribution is -2.03. The SMILES string of the molecule is CCCc1nc(-c2cccc(Br)c2C)oc1C(=O)OC. The number of rotatable bonds is 4. The summed E-state index contributed by atoms with van der Waals surface area (Å²) < 4.78 is 11.4. The number of methoxy groups -OCH3 is 1. The van der Waals surface area contributed by atoms with Crippen LogP contribution < -0.4 is 0 Å². The second-order valence-electron chi connectivity index (χ2n) is 4.45. The van der Waals surface area contributed by atoms with E-state index in [1.54, 1.807) is 0 Å². The first-order valence-corrected chi connectivity index (χ1v) is 7.21. The number of halogens is 1. The van der Waals surface area contributed by atoms with Gasteiger partial charge in [0.05, 0.1) is 12.8 Å². The van der Waals surface area contributed by atoms with Crippen LogP contribution in [0.1, 0.15) is 35.2 Å². The number of oxazole rings is 1. The van der Waals surface area contributed by atoms with E-state index in [0.717, 1.165) is 22.0 Å². The minimum Gasteiger partial charge on any atom is -0.463 e. The highest BCUT2D eigenvalue weighted by atomic mass is 79.9. The highest BCUT2D eigenvalue weighted by Gasteiger charge is 2.22. The highest BCUT2D eigenvalue weighted by molar-refractivity contribution is 9.10. The van der Waals surface area contributed by atoms with Crippen LogP contribution in [-0.4, -0.2) is 18.1 Å². The van der Waals surface area contributed by atoms with Gasteiger partial charge < -0.3 is 9.15 Å². The predicted octanol–water partition coefficient (Wildman–Crippen LogP) is 4.15. The van der Waals surface area contributed by atoms with E-state index >= 15 is 0 Å². The zero-order valence-electron chi connectivity index (χ0n) is 11.7. The van der Waals surface area contributed by atoms with Gasteiger partial charge >= 0.3 is 5.97 Å². The van der Waals surface area contributed by atoms with Crippen LogP contribution in [0.4, 0.5) is 0 Å². The van der Waals surface area contributed by atoms with Crippen molar-refractivity contribution in [2.45, 2.75) is 26.7 Å². The summed E-state index contributed by atoms with van der Waals surface area (Å²) in [6, 6.07) is 5.78. The van der Waals surface area contributed by atoms with Gasteiger partial charge in [-0.2, -0.15) is 0 Å². The lowest BCUT2D eigenvalue weighted by molar-refractivity contribution is 0.0564. The average molecular weight is 338 g/mol. The van der Waals surface area contributed by atoms with Gasteiger partial charge in [-0.1, -0.05) is 35.3 Å². The third-order valence-corrected chi connectivity index (χ3v) is 3.91. The number of aryl methyl sites for hydroxylation is 1. The van der Waals surface area contributed by atoms with Crippen molar-refractivity contribution in [2.24, 2.45) is 0 Å². The van der Waals surface area contributed by atoms with Crippen molar-refractivity contribution in [2.75, 3.05) is 7.11 Å². The fourth-order valence-corrected chi connectivity index (χ4v) is 2.33. The largest absolute Gasteiger partial charge is 0.463 e. The quantitative estimate of drug-likeness (QED) is 0.786. The lowest BCUT2D eigenvalue weighted by atomic mass is 10.1.